The molecule has 0 bridgehead atoms. The van der Waals surface area contributed by atoms with Crippen LogP contribution in [0.15, 0.2) is 23.9 Å². The first-order chi connectivity index (χ1) is 5.69. The molecule has 2 atom stereocenters. The third kappa shape index (κ3) is 0.682. The van der Waals surface area contributed by atoms with Crippen molar-refractivity contribution in [1.82, 2.24) is 5.32 Å². The monoisotopic (exact) mass is 165 g/mol. The van der Waals surface area contributed by atoms with E-state index in [9.17, 15) is 4.79 Å². The first-order valence-corrected chi connectivity index (χ1v) is 3.93. The van der Waals surface area contributed by atoms with Crippen molar-refractivity contribution in [3.05, 3.63) is 23.9 Å². The van der Waals surface area contributed by atoms with E-state index in [-0.39, 0.29) is 11.9 Å². The van der Waals surface area contributed by atoms with E-state index in [1.165, 1.54) is 7.11 Å². The van der Waals surface area contributed by atoms with E-state index >= 15 is 0 Å². The molecule has 1 aliphatic heterocycles. The van der Waals surface area contributed by atoms with Crippen molar-refractivity contribution in [3.63, 3.8) is 0 Å². The molecule has 0 fully saturated rings. The Morgan fingerprint density at radius 3 is 2.92 bits per heavy atom. The average Bonchev–Trinajstić information content (AvgIpc) is 2.26. The normalized spacial score (nSPS) is 36.2. The van der Waals surface area contributed by atoms with Crippen LogP contribution in [0, 0.1) is 5.92 Å². The predicted molar refractivity (Wildman–Crippen MR) is 44.3 cm³/mol. The molecule has 2 rings (SSSR count). The maximum absolute atomic E-state index is 11.4. The second-order valence-electron chi connectivity index (χ2n) is 3.22. The number of allylic oxidation sites excluding steroid dienone is 1. The number of carbonyl (C=O) groups excluding carboxylic acids is 1. The van der Waals surface area contributed by atoms with Gasteiger partial charge in [-0.2, -0.15) is 0 Å². The fraction of sp³-hybridized carbons (Fsp3) is 0.444. The van der Waals surface area contributed by atoms with E-state index < -0.39 is 5.54 Å². The zero-order valence-corrected chi connectivity index (χ0v) is 7.13. The molecule has 1 aliphatic carbocycles. The third-order valence-corrected chi connectivity index (χ3v) is 2.45. The Kier molecular flexibility index (Phi) is 1.31. The lowest BCUT2D eigenvalue weighted by Gasteiger charge is -2.35. The van der Waals surface area contributed by atoms with Crippen LogP contribution in [0.5, 0.6) is 0 Å². The number of ether oxygens (including phenoxy) is 1. The van der Waals surface area contributed by atoms with Gasteiger partial charge in [-0.05, 0) is 6.92 Å². The molecule has 2 aliphatic rings. The second kappa shape index (κ2) is 2.12. The maximum atomic E-state index is 11.4. The first-order valence-electron chi connectivity index (χ1n) is 3.93. The van der Waals surface area contributed by atoms with Crippen LogP contribution >= 0.6 is 0 Å². The molecule has 0 spiro atoms. The number of hydrogen-bond acceptors (Lipinski definition) is 3. The quantitative estimate of drug-likeness (QED) is 0.456. The standard InChI is InChI=1S/C9H11NO2/c1-6-5-7-3-4-9(7,10-6)8(11)12-2/h3-5,7,10H,1-2H3. The van der Waals surface area contributed by atoms with E-state index in [0.717, 1.165) is 5.70 Å². The number of hydrogen-bond donors (Lipinski definition) is 1. The van der Waals surface area contributed by atoms with Gasteiger partial charge in [0, 0.05) is 11.6 Å². The summed E-state index contributed by atoms with van der Waals surface area (Å²) in [4.78, 5) is 11.4. The van der Waals surface area contributed by atoms with Gasteiger partial charge in [0.05, 0.1) is 7.11 Å². The molecule has 1 N–H and O–H groups in total. The Morgan fingerprint density at radius 1 is 1.75 bits per heavy atom. The minimum Gasteiger partial charge on any atom is -0.467 e. The summed E-state index contributed by atoms with van der Waals surface area (Å²) >= 11 is 0. The molecule has 3 heteroatoms. The van der Waals surface area contributed by atoms with Crippen LogP contribution in [-0.4, -0.2) is 18.6 Å². The van der Waals surface area contributed by atoms with Crippen LogP contribution in [0.4, 0.5) is 0 Å². The molecule has 3 nitrogen and oxygen atoms in total. The summed E-state index contributed by atoms with van der Waals surface area (Å²) in [5.41, 5.74) is 0.467. The first kappa shape index (κ1) is 7.40. The SMILES string of the molecule is COC(=O)C12C=CC1C=C(C)N2. The van der Waals surface area contributed by atoms with Gasteiger partial charge in [0.1, 0.15) is 0 Å². The lowest BCUT2D eigenvalue weighted by Crippen LogP contribution is -2.55. The summed E-state index contributed by atoms with van der Waals surface area (Å²) in [6.07, 6.45) is 5.90. The average molecular weight is 165 g/mol. The Morgan fingerprint density at radius 2 is 2.50 bits per heavy atom. The van der Waals surface area contributed by atoms with E-state index in [2.05, 4.69) is 5.32 Å². The summed E-state index contributed by atoms with van der Waals surface area (Å²) in [7, 11) is 1.41. The minimum absolute atomic E-state index is 0.185. The molecule has 64 valence electrons. The van der Waals surface area contributed by atoms with Crippen molar-refractivity contribution in [2.75, 3.05) is 7.11 Å². The van der Waals surface area contributed by atoms with E-state index in [4.69, 9.17) is 4.74 Å². The van der Waals surface area contributed by atoms with Crippen molar-refractivity contribution in [3.8, 4) is 0 Å². The number of carbonyl (C=O) groups is 1. The number of methoxy groups -OCH3 is 1. The summed E-state index contributed by atoms with van der Waals surface area (Å²) < 4.78 is 4.72. The fourth-order valence-corrected chi connectivity index (χ4v) is 1.77. The summed E-state index contributed by atoms with van der Waals surface area (Å²) in [5.74, 6) is -0.0203. The second-order valence-corrected chi connectivity index (χ2v) is 3.22. The molecule has 0 amide bonds. The lowest BCUT2D eigenvalue weighted by atomic mass is 9.76. The van der Waals surface area contributed by atoms with Crippen LogP contribution in [0.1, 0.15) is 6.92 Å². The molecular weight excluding hydrogens is 154 g/mol. The number of esters is 1. The van der Waals surface area contributed by atoms with E-state index in [1.807, 2.05) is 25.2 Å². The van der Waals surface area contributed by atoms with Crippen molar-refractivity contribution >= 4 is 5.97 Å². The lowest BCUT2D eigenvalue weighted by molar-refractivity contribution is -0.147. The molecule has 1 heterocycles. The summed E-state index contributed by atoms with van der Waals surface area (Å²) in [5, 5.41) is 3.12. The number of fused-ring (bicyclic) bond motifs is 1. The van der Waals surface area contributed by atoms with Crippen LogP contribution in [0.3, 0.4) is 0 Å². The van der Waals surface area contributed by atoms with Crippen molar-refractivity contribution in [2.45, 2.75) is 12.5 Å². The minimum atomic E-state index is -0.571. The molecule has 0 aromatic rings. The van der Waals surface area contributed by atoms with Crippen LogP contribution < -0.4 is 5.32 Å². The molecule has 0 aromatic heterocycles. The smallest absolute Gasteiger partial charge is 0.336 e. The number of nitrogens with one attached hydrogen (secondary N) is 1. The van der Waals surface area contributed by atoms with Gasteiger partial charge in [-0.25, -0.2) is 4.79 Å². The molecule has 2 unspecified atom stereocenters. The summed E-state index contributed by atoms with van der Waals surface area (Å²) in [6, 6.07) is 0. The molecule has 12 heavy (non-hydrogen) atoms. The third-order valence-electron chi connectivity index (χ3n) is 2.45. The Bertz CT molecular complexity index is 293. The highest BCUT2D eigenvalue weighted by molar-refractivity contribution is 5.88. The zero-order chi connectivity index (χ0) is 8.77. The Hall–Kier alpha value is -1.25. The van der Waals surface area contributed by atoms with Crippen LogP contribution in [0.2, 0.25) is 0 Å². The fourth-order valence-electron chi connectivity index (χ4n) is 1.77. The maximum Gasteiger partial charge on any atom is 0.336 e. The van der Waals surface area contributed by atoms with E-state index in [1.54, 1.807) is 0 Å². The van der Waals surface area contributed by atoms with Gasteiger partial charge in [0.25, 0.3) is 0 Å². The van der Waals surface area contributed by atoms with Crippen LogP contribution in [-0.2, 0) is 9.53 Å². The van der Waals surface area contributed by atoms with Crippen molar-refractivity contribution in [2.24, 2.45) is 5.92 Å². The Balaban J connectivity index is 2.27. The van der Waals surface area contributed by atoms with E-state index in [0.29, 0.717) is 0 Å². The molecule has 0 saturated carbocycles. The van der Waals surface area contributed by atoms with Gasteiger partial charge >= 0.3 is 5.97 Å². The van der Waals surface area contributed by atoms with Gasteiger partial charge in [-0.1, -0.05) is 18.2 Å². The molecular formula is C9H11NO2. The van der Waals surface area contributed by atoms with Crippen molar-refractivity contribution < 1.29 is 9.53 Å². The van der Waals surface area contributed by atoms with Gasteiger partial charge < -0.3 is 10.1 Å². The highest BCUT2D eigenvalue weighted by Crippen LogP contribution is 2.38. The van der Waals surface area contributed by atoms with Gasteiger partial charge in [0.15, 0.2) is 5.54 Å². The molecule has 0 saturated heterocycles. The largest absolute Gasteiger partial charge is 0.467 e. The van der Waals surface area contributed by atoms with Gasteiger partial charge in [0.2, 0.25) is 0 Å². The molecule has 0 aromatic carbocycles. The van der Waals surface area contributed by atoms with Gasteiger partial charge in [-0.15, -0.1) is 0 Å². The van der Waals surface area contributed by atoms with Gasteiger partial charge in [-0.3, -0.25) is 0 Å². The highest BCUT2D eigenvalue weighted by Gasteiger charge is 2.51. The zero-order valence-electron chi connectivity index (χ0n) is 7.13. The summed E-state index contributed by atoms with van der Waals surface area (Å²) in [6.45, 7) is 1.95. The predicted octanol–water partition coefficient (Wildman–Crippen LogP) is 0.591. The van der Waals surface area contributed by atoms with Crippen LogP contribution in [0.25, 0.3) is 0 Å². The number of rotatable bonds is 1. The Labute approximate surface area is 71.1 Å². The van der Waals surface area contributed by atoms with Crippen molar-refractivity contribution in [1.29, 1.82) is 0 Å². The molecule has 0 radical (unpaired) electrons. The topological polar surface area (TPSA) is 38.3 Å². The highest BCUT2D eigenvalue weighted by atomic mass is 16.5.